The van der Waals surface area contributed by atoms with Crippen molar-refractivity contribution in [2.75, 3.05) is 11.5 Å². The molecule has 0 spiro atoms. The predicted octanol–water partition coefficient (Wildman–Crippen LogP) is 6.47. The Hall–Kier alpha value is -3.55. The summed E-state index contributed by atoms with van der Waals surface area (Å²) in [7, 11) is 0. The Morgan fingerprint density at radius 1 is 0.857 bits per heavy atom. The lowest BCUT2D eigenvalue weighted by Crippen LogP contribution is -2.29. The third-order valence-corrected chi connectivity index (χ3v) is 6.15. The number of nitro groups is 1. The van der Waals surface area contributed by atoms with Crippen LogP contribution in [0.1, 0.15) is 102 Å². The second kappa shape index (κ2) is 12.8. The molecule has 186 valence electrons. The fourth-order valence-corrected chi connectivity index (χ4v) is 4.19. The van der Waals surface area contributed by atoms with Crippen LogP contribution in [0.25, 0.3) is 0 Å². The van der Waals surface area contributed by atoms with Crippen LogP contribution in [0.15, 0.2) is 42.5 Å². The topological polar surface area (TPSA) is 107 Å². The molecule has 8 heteroatoms. The number of rotatable bonds is 14. The van der Waals surface area contributed by atoms with E-state index in [0.29, 0.717) is 6.61 Å². The molecule has 0 aromatic heterocycles. The molecule has 0 bridgehead atoms. The molecule has 0 unspecified atom stereocenters. The van der Waals surface area contributed by atoms with Crippen LogP contribution < -0.4 is 4.90 Å². The van der Waals surface area contributed by atoms with E-state index in [-0.39, 0.29) is 28.1 Å². The summed E-state index contributed by atoms with van der Waals surface area (Å²) in [5.74, 6) is -1.76. The van der Waals surface area contributed by atoms with Crippen molar-refractivity contribution in [2.45, 2.75) is 71.1 Å². The number of carbonyl (C=O) groups excluding carboxylic acids is 3. The summed E-state index contributed by atoms with van der Waals surface area (Å²) in [6.07, 6.45) is 11.8. The highest BCUT2D eigenvalue weighted by Gasteiger charge is 2.37. The highest BCUT2D eigenvalue weighted by molar-refractivity contribution is 6.34. The van der Waals surface area contributed by atoms with E-state index in [9.17, 15) is 24.5 Å². The SMILES string of the molecule is CCCCCCCCCCCCOC(=O)c1ccc2c(c1)C(=O)N(c1cccc([N+](=O)[O-])c1)C2=O. The number of amides is 2. The third-order valence-electron chi connectivity index (χ3n) is 6.15. The minimum atomic E-state index is -0.630. The number of esters is 1. The summed E-state index contributed by atoms with van der Waals surface area (Å²) in [5, 5.41) is 11.1. The Labute approximate surface area is 205 Å². The number of carbonyl (C=O) groups is 3. The molecule has 0 saturated heterocycles. The van der Waals surface area contributed by atoms with Crippen LogP contribution in [0.2, 0.25) is 0 Å². The van der Waals surface area contributed by atoms with Gasteiger partial charge in [0.25, 0.3) is 17.5 Å². The van der Waals surface area contributed by atoms with Gasteiger partial charge in [0.2, 0.25) is 0 Å². The molecule has 1 heterocycles. The van der Waals surface area contributed by atoms with Crippen molar-refractivity contribution < 1.29 is 24.0 Å². The second-order valence-corrected chi connectivity index (χ2v) is 8.80. The van der Waals surface area contributed by atoms with Crippen LogP contribution in [-0.4, -0.2) is 29.3 Å². The molecule has 8 nitrogen and oxygen atoms in total. The van der Waals surface area contributed by atoms with Gasteiger partial charge < -0.3 is 4.74 Å². The van der Waals surface area contributed by atoms with E-state index in [1.54, 1.807) is 0 Å². The minimum absolute atomic E-state index is 0.0786. The largest absolute Gasteiger partial charge is 0.462 e. The number of hydrogen-bond donors (Lipinski definition) is 0. The molecule has 0 N–H and O–H groups in total. The lowest BCUT2D eigenvalue weighted by molar-refractivity contribution is -0.384. The fraction of sp³-hybridized carbons (Fsp3) is 0.444. The summed E-state index contributed by atoms with van der Waals surface area (Å²) in [6.45, 7) is 2.52. The molecular formula is C27H32N2O6. The molecule has 1 aliphatic rings. The van der Waals surface area contributed by atoms with Crippen molar-refractivity contribution in [3.05, 3.63) is 69.3 Å². The summed E-state index contributed by atoms with van der Waals surface area (Å²) < 4.78 is 5.35. The van der Waals surface area contributed by atoms with Crippen molar-refractivity contribution in [1.82, 2.24) is 0 Å². The summed E-state index contributed by atoms with van der Waals surface area (Å²) in [6, 6.07) is 9.55. The van der Waals surface area contributed by atoms with Crippen LogP contribution >= 0.6 is 0 Å². The van der Waals surface area contributed by atoms with Gasteiger partial charge in [0.05, 0.1) is 33.9 Å². The van der Waals surface area contributed by atoms with Gasteiger partial charge in [0, 0.05) is 12.1 Å². The second-order valence-electron chi connectivity index (χ2n) is 8.80. The first kappa shape index (κ1) is 26.1. The van der Waals surface area contributed by atoms with E-state index in [0.717, 1.165) is 24.2 Å². The van der Waals surface area contributed by atoms with Crippen molar-refractivity contribution in [1.29, 1.82) is 0 Å². The molecule has 0 radical (unpaired) electrons. The lowest BCUT2D eigenvalue weighted by atomic mass is 10.1. The molecular weight excluding hydrogens is 448 g/mol. The Morgan fingerprint density at radius 3 is 2.14 bits per heavy atom. The molecule has 35 heavy (non-hydrogen) atoms. The van der Waals surface area contributed by atoms with Crippen molar-refractivity contribution in [3.8, 4) is 0 Å². The number of unbranched alkanes of at least 4 members (excludes halogenated alkanes) is 9. The van der Waals surface area contributed by atoms with Crippen molar-refractivity contribution in [2.24, 2.45) is 0 Å². The predicted molar refractivity (Wildman–Crippen MR) is 133 cm³/mol. The van der Waals surface area contributed by atoms with Gasteiger partial charge in [-0.05, 0) is 30.7 Å². The number of imide groups is 1. The number of hydrogen-bond acceptors (Lipinski definition) is 6. The van der Waals surface area contributed by atoms with Crippen LogP contribution in [0.4, 0.5) is 11.4 Å². The zero-order valence-corrected chi connectivity index (χ0v) is 20.2. The molecule has 2 aromatic rings. The quantitative estimate of drug-likeness (QED) is 0.101. The molecule has 3 rings (SSSR count). The molecule has 0 saturated carbocycles. The Balaban J connectivity index is 1.49. The highest BCUT2D eigenvalue weighted by Crippen LogP contribution is 2.31. The highest BCUT2D eigenvalue weighted by atomic mass is 16.6. The van der Waals surface area contributed by atoms with Gasteiger partial charge in [-0.15, -0.1) is 0 Å². The van der Waals surface area contributed by atoms with Gasteiger partial charge in [-0.3, -0.25) is 19.7 Å². The molecule has 2 amide bonds. The summed E-state index contributed by atoms with van der Waals surface area (Å²) >= 11 is 0. The lowest BCUT2D eigenvalue weighted by Gasteiger charge is -2.13. The monoisotopic (exact) mass is 480 g/mol. The third kappa shape index (κ3) is 6.74. The number of ether oxygens (including phenoxy) is 1. The normalized spacial score (nSPS) is 12.7. The van der Waals surface area contributed by atoms with Crippen molar-refractivity contribution >= 4 is 29.2 Å². The first-order chi connectivity index (χ1) is 16.9. The average molecular weight is 481 g/mol. The Kier molecular flexibility index (Phi) is 9.52. The van der Waals surface area contributed by atoms with Crippen LogP contribution in [0.3, 0.4) is 0 Å². The van der Waals surface area contributed by atoms with E-state index < -0.39 is 22.7 Å². The Bertz CT molecular complexity index is 1080. The van der Waals surface area contributed by atoms with E-state index in [2.05, 4.69) is 6.92 Å². The number of nitro benzene ring substituents is 1. The first-order valence-corrected chi connectivity index (χ1v) is 12.4. The van der Waals surface area contributed by atoms with Gasteiger partial charge in [-0.25, -0.2) is 9.69 Å². The maximum absolute atomic E-state index is 12.9. The molecule has 2 aromatic carbocycles. The number of anilines is 1. The molecule has 0 atom stereocenters. The maximum atomic E-state index is 12.9. The fourth-order valence-electron chi connectivity index (χ4n) is 4.19. The van der Waals surface area contributed by atoms with Gasteiger partial charge in [0.15, 0.2) is 0 Å². The number of nitrogens with zero attached hydrogens (tertiary/aromatic N) is 2. The number of non-ortho nitro benzene ring substituents is 1. The zero-order valence-electron chi connectivity index (χ0n) is 20.2. The molecule has 0 aliphatic carbocycles. The average Bonchev–Trinajstić information content (AvgIpc) is 3.11. The van der Waals surface area contributed by atoms with Crippen molar-refractivity contribution in [3.63, 3.8) is 0 Å². The van der Waals surface area contributed by atoms with Gasteiger partial charge in [-0.1, -0.05) is 70.8 Å². The van der Waals surface area contributed by atoms with Gasteiger partial charge >= 0.3 is 5.97 Å². The summed E-state index contributed by atoms with van der Waals surface area (Å²) in [4.78, 5) is 49.5. The minimum Gasteiger partial charge on any atom is -0.462 e. The van der Waals surface area contributed by atoms with E-state index >= 15 is 0 Å². The first-order valence-electron chi connectivity index (χ1n) is 12.4. The number of fused-ring (bicyclic) bond motifs is 1. The van der Waals surface area contributed by atoms with Crippen LogP contribution in [-0.2, 0) is 4.74 Å². The van der Waals surface area contributed by atoms with E-state index in [1.165, 1.54) is 87.4 Å². The zero-order chi connectivity index (χ0) is 25.2. The maximum Gasteiger partial charge on any atom is 0.338 e. The van der Waals surface area contributed by atoms with Gasteiger partial charge in [-0.2, -0.15) is 0 Å². The van der Waals surface area contributed by atoms with Crippen LogP contribution in [0, 0.1) is 10.1 Å². The van der Waals surface area contributed by atoms with E-state index in [1.807, 2.05) is 0 Å². The standard InChI is InChI=1S/C27H32N2O6/c1-2-3-4-5-6-7-8-9-10-11-17-35-27(32)20-15-16-23-24(18-20)26(31)28(25(23)30)21-13-12-14-22(19-21)29(33)34/h12-16,18-19H,2-11,17H2,1H3. The molecule has 0 fully saturated rings. The van der Waals surface area contributed by atoms with Crippen LogP contribution in [0.5, 0.6) is 0 Å². The molecule has 1 aliphatic heterocycles. The summed E-state index contributed by atoms with van der Waals surface area (Å²) in [5.41, 5.74) is 0.297. The smallest absolute Gasteiger partial charge is 0.338 e. The number of benzene rings is 2. The Morgan fingerprint density at radius 2 is 1.49 bits per heavy atom. The van der Waals surface area contributed by atoms with Gasteiger partial charge in [0.1, 0.15) is 0 Å². The van der Waals surface area contributed by atoms with E-state index in [4.69, 9.17) is 4.74 Å².